The number of amides is 2. The molecule has 12 nitrogen and oxygen atoms in total. The van der Waals surface area contributed by atoms with E-state index in [1.165, 1.54) is 18.4 Å². The van der Waals surface area contributed by atoms with Crippen LogP contribution in [0.4, 0.5) is 5.69 Å². The number of nitrogens with two attached hydrogens (primary N) is 1. The number of carbonyl (C=O) groups excluding carboxylic acids is 2. The van der Waals surface area contributed by atoms with Crippen LogP contribution in [0, 0.1) is 18.8 Å². The maximum absolute atomic E-state index is 13.7. The van der Waals surface area contributed by atoms with Crippen LogP contribution in [0.1, 0.15) is 36.8 Å². The highest BCUT2D eigenvalue weighted by Gasteiger charge is 2.29. The molecular formula is C34H41ClN6O6S. The van der Waals surface area contributed by atoms with E-state index in [1.54, 1.807) is 42.5 Å². The number of hydrogen-bond donors (Lipinski definition) is 4. The van der Waals surface area contributed by atoms with Crippen LogP contribution in [-0.4, -0.2) is 61.4 Å². The van der Waals surface area contributed by atoms with Gasteiger partial charge in [-0.3, -0.25) is 19.1 Å². The summed E-state index contributed by atoms with van der Waals surface area (Å²) in [6.07, 6.45) is 3.39. The molecule has 0 spiro atoms. The number of anilines is 1. The summed E-state index contributed by atoms with van der Waals surface area (Å²) in [5.41, 5.74) is 10.2. The third-order valence-electron chi connectivity index (χ3n) is 8.72. The number of carbonyl (C=O) groups is 2. The van der Waals surface area contributed by atoms with Gasteiger partial charge in [0.2, 0.25) is 21.8 Å². The van der Waals surface area contributed by atoms with Gasteiger partial charge in [-0.25, -0.2) is 17.5 Å². The molecule has 1 saturated carbocycles. The lowest BCUT2D eigenvalue weighted by Crippen LogP contribution is -2.48. The Labute approximate surface area is 285 Å². The molecule has 1 atom stereocenters. The molecule has 5 rings (SSSR count). The molecule has 1 fully saturated rings. The maximum atomic E-state index is 13.7. The lowest BCUT2D eigenvalue weighted by molar-refractivity contribution is -0.130. The van der Waals surface area contributed by atoms with Gasteiger partial charge in [-0.2, -0.15) is 0 Å². The Morgan fingerprint density at radius 3 is 2.35 bits per heavy atom. The fourth-order valence-electron chi connectivity index (χ4n) is 5.84. The van der Waals surface area contributed by atoms with E-state index in [-0.39, 0.29) is 41.4 Å². The second kappa shape index (κ2) is 15.7. The third-order valence-corrected chi connectivity index (χ3v) is 10.5. The quantitative estimate of drug-likeness (QED) is 0.181. The highest BCUT2D eigenvalue weighted by molar-refractivity contribution is 7.89. The summed E-state index contributed by atoms with van der Waals surface area (Å²) in [6, 6.07) is 18.4. The molecule has 0 saturated heterocycles. The van der Waals surface area contributed by atoms with Gasteiger partial charge in [0.25, 0.3) is 0 Å². The summed E-state index contributed by atoms with van der Waals surface area (Å²) < 4.78 is 31.4. The first-order valence-electron chi connectivity index (χ1n) is 15.5. The number of halogens is 1. The van der Waals surface area contributed by atoms with Crippen LogP contribution in [0.3, 0.4) is 0 Å². The highest BCUT2D eigenvalue weighted by Crippen LogP contribution is 2.30. The average molecular weight is 697 g/mol. The lowest BCUT2D eigenvalue weighted by Gasteiger charge is -2.28. The first-order chi connectivity index (χ1) is 22.4. The predicted octanol–water partition coefficient (Wildman–Crippen LogP) is 4.11. The molecule has 14 heteroatoms. The van der Waals surface area contributed by atoms with Gasteiger partial charge in [0.15, 0.2) is 5.82 Å². The van der Waals surface area contributed by atoms with E-state index in [1.807, 2.05) is 31.2 Å². The van der Waals surface area contributed by atoms with Crippen molar-refractivity contribution in [2.75, 3.05) is 26.0 Å². The summed E-state index contributed by atoms with van der Waals surface area (Å²) >= 11 is 0. The smallest absolute Gasteiger partial charge is 0.344 e. The van der Waals surface area contributed by atoms with Gasteiger partial charge in [0.05, 0.1) is 4.90 Å². The van der Waals surface area contributed by atoms with Crippen molar-refractivity contribution in [2.45, 2.75) is 50.0 Å². The molecule has 0 unspecified atom stereocenters. The van der Waals surface area contributed by atoms with Crippen molar-refractivity contribution < 1.29 is 22.5 Å². The Bertz CT molecular complexity index is 1900. The van der Waals surface area contributed by atoms with Gasteiger partial charge in [0.1, 0.15) is 6.04 Å². The van der Waals surface area contributed by atoms with Crippen LogP contribution >= 0.6 is 12.4 Å². The van der Waals surface area contributed by atoms with E-state index in [9.17, 15) is 22.8 Å². The van der Waals surface area contributed by atoms with Gasteiger partial charge in [0, 0.05) is 37.7 Å². The molecule has 1 aliphatic carbocycles. The number of nitrogens with zero attached hydrogens (tertiary/aromatic N) is 2. The van der Waals surface area contributed by atoms with Gasteiger partial charge in [-0.1, -0.05) is 35.5 Å². The van der Waals surface area contributed by atoms with Crippen LogP contribution < -0.4 is 22.1 Å². The third kappa shape index (κ3) is 8.58. The molecule has 5 N–H and O–H groups in total. The van der Waals surface area contributed by atoms with Gasteiger partial charge >= 0.3 is 5.76 Å². The van der Waals surface area contributed by atoms with Crippen molar-refractivity contribution in [1.29, 1.82) is 0 Å². The van der Waals surface area contributed by atoms with Gasteiger partial charge in [-0.05, 0) is 104 Å². The fourth-order valence-corrected chi connectivity index (χ4v) is 6.77. The van der Waals surface area contributed by atoms with Crippen molar-refractivity contribution in [3.8, 4) is 22.5 Å². The minimum atomic E-state index is -3.64. The van der Waals surface area contributed by atoms with Crippen LogP contribution in [0.2, 0.25) is 0 Å². The Hall–Kier alpha value is -4.30. The molecule has 0 radical (unpaired) electrons. The molecule has 0 aliphatic heterocycles. The monoisotopic (exact) mass is 696 g/mol. The number of aromatic amines is 1. The molecule has 1 aromatic heterocycles. The number of sulfonamides is 1. The summed E-state index contributed by atoms with van der Waals surface area (Å²) in [7, 11) is -0.655. The molecule has 1 heterocycles. The molecular weight excluding hydrogens is 656 g/mol. The van der Waals surface area contributed by atoms with E-state index in [4.69, 9.17) is 5.73 Å². The Kier molecular flexibility index (Phi) is 12.0. The second-order valence-electron chi connectivity index (χ2n) is 12.2. The molecule has 3 aromatic carbocycles. The van der Waals surface area contributed by atoms with Crippen LogP contribution in [0.5, 0.6) is 0 Å². The molecule has 1 aliphatic rings. The molecule has 48 heavy (non-hydrogen) atoms. The van der Waals surface area contributed by atoms with Crippen molar-refractivity contribution in [1.82, 2.24) is 19.8 Å². The zero-order valence-corrected chi connectivity index (χ0v) is 28.7. The lowest BCUT2D eigenvalue weighted by atomic mass is 9.81. The molecule has 0 bridgehead atoms. The van der Waals surface area contributed by atoms with Crippen molar-refractivity contribution in [3.63, 3.8) is 0 Å². The number of aromatic nitrogens is 2. The second-order valence-corrected chi connectivity index (χ2v) is 14.3. The number of hydrogen-bond acceptors (Lipinski definition) is 8. The van der Waals surface area contributed by atoms with E-state index < -0.39 is 27.7 Å². The maximum Gasteiger partial charge on any atom is 0.439 e. The van der Waals surface area contributed by atoms with Crippen LogP contribution in [0.25, 0.3) is 22.5 Å². The molecule has 2 amide bonds. The summed E-state index contributed by atoms with van der Waals surface area (Å²) in [5, 5.41) is 9.60. The van der Waals surface area contributed by atoms with E-state index in [0.717, 1.165) is 35.1 Å². The standard InChI is InChI=1S/C34H40N6O6S.ClH/c1-21-7-16-28(47(44,45)40(2)3)19-29(21)26-6-4-5-23(17-26)18-30(37-32(41)25-10-8-22(20-35)9-11-25)33(42)36-27-14-12-24(13-15-27)31-38-34(43)46-39-31;/h4-7,12-17,19,22,25,30H,8-11,18,20,35H2,1-3H3,(H,36,42)(H,37,41)(H,38,39,43);1H/t22?,25?,30-;/m0./s1. The Balaban J connectivity index is 0.00000520. The predicted molar refractivity (Wildman–Crippen MR) is 186 cm³/mol. The van der Waals surface area contributed by atoms with Gasteiger partial charge < -0.3 is 16.4 Å². The number of H-pyrrole nitrogens is 1. The van der Waals surface area contributed by atoms with Crippen molar-refractivity contribution in [2.24, 2.45) is 17.6 Å². The van der Waals surface area contributed by atoms with Crippen molar-refractivity contribution in [3.05, 3.63) is 88.4 Å². The normalized spacial score (nSPS) is 16.9. The minimum absolute atomic E-state index is 0. The number of aryl methyl sites for hydroxylation is 1. The van der Waals surface area contributed by atoms with E-state index in [0.29, 0.717) is 36.6 Å². The average Bonchev–Trinajstić information content (AvgIpc) is 3.51. The molecule has 256 valence electrons. The van der Waals surface area contributed by atoms with E-state index in [2.05, 4.69) is 25.3 Å². The topological polar surface area (TPSA) is 180 Å². The largest absolute Gasteiger partial charge is 0.439 e. The first kappa shape index (κ1) is 36.5. The Morgan fingerprint density at radius 1 is 1.02 bits per heavy atom. The summed E-state index contributed by atoms with van der Waals surface area (Å²) in [5.74, 6) is -0.752. The van der Waals surface area contributed by atoms with Crippen LogP contribution in [-0.2, 0) is 26.0 Å². The number of rotatable bonds is 11. The Morgan fingerprint density at radius 2 is 1.73 bits per heavy atom. The minimum Gasteiger partial charge on any atom is -0.344 e. The summed E-state index contributed by atoms with van der Waals surface area (Å²) in [6.45, 7) is 2.51. The zero-order chi connectivity index (χ0) is 33.7. The highest BCUT2D eigenvalue weighted by atomic mass is 35.5. The summed E-state index contributed by atoms with van der Waals surface area (Å²) in [4.78, 5) is 41.2. The van der Waals surface area contributed by atoms with Crippen LogP contribution in [0.15, 0.2) is 80.9 Å². The number of nitrogens with one attached hydrogen (secondary N) is 3. The molecule has 4 aromatic rings. The van der Waals surface area contributed by atoms with Gasteiger partial charge in [-0.15, -0.1) is 12.4 Å². The van der Waals surface area contributed by atoms with Crippen molar-refractivity contribution >= 4 is 39.9 Å². The first-order valence-corrected chi connectivity index (χ1v) is 17.0. The SMILES string of the molecule is Cc1ccc(S(=O)(=O)N(C)C)cc1-c1cccc(C[C@H](NC(=O)C2CCC(CN)CC2)C(=O)Nc2ccc(-c3noc(=O)[nH]3)cc2)c1.Cl. The zero-order valence-electron chi connectivity index (χ0n) is 27.1. The number of benzene rings is 3. The van der Waals surface area contributed by atoms with E-state index >= 15 is 0 Å². The fraction of sp³-hybridized carbons (Fsp3) is 0.353.